The maximum Gasteiger partial charge on any atom is 0.320 e. The van der Waals surface area contributed by atoms with Gasteiger partial charge in [-0.2, -0.15) is 0 Å². The molecule has 5 heteroatoms. The molecular formula is C13H17BrFNO2. The standard InChI is InChI=1S/C13H17BrFNO2/c1-13(2,3)18-12(17)8-16-7-9-4-5-10(14)6-11(9)15/h4-6,16H,7-8H2,1-3H3. The molecular weight excluding hydrogens is 301 g/mol. The third-order valence-electron chi connectivity index (χ3n) is 2.02. The van der Waals surface area contributed by atoms with Gasteiger partial charge in [0.05, 0.1) is 6.54 Å². The topological polar surface area (TPSA) is 38.3 Å². The Morgan fingerprint density at radius 2 is 2.11 bits per heavy atom. The lowest BCUT2D eigenvalue weighted by molar-refractivity contribution is -0.153. The van der Waals surface area contributed by atoms with E-state index in [1.165, 1.54) is 6.07 Å². The summed E-state index contributed by atoms with van der Waals surface area (Å²) in [4.78, 5) is 11.4. The van der Waals surface area contributed by atoms with E-state index in [1.807, 2.05) is 0 Å². The van der Waals surface area contributed by atoms with Crippen LogP contribution in [-0.2, 0) is 16.1 Å². The summed E-state index contributed by atoms with van der Waals surface area (Å²) in [5, 5.41) is 2.85. The maximum absolute atomic E-state index is 13.5. The molecule has 0 aliphatic rings. The van der Waals surface area contributed by atoms with Crippen LogP contribution < -0.4 is 5.32 Å². The molecule has 3 nitrogen and oxygen atoms in total. The molecule has 0 fully saturated rings. The quantitative estimate of drug-likeness (QED) is 0.867. The van der Waals surface area contributed by atoms with Crippen molar-refractivity contribution in [2.75, 3.05) is 6.54 Å². The predicted molar refractivity (Wildman–Crippen MR) is 71.7 cm³/mol. The summed E-state index contributed by atoms with van der Waals surface area (Å²) in [5.74, 6) is -0.652. The first kappa shape index (κ1) is 15.1. The fourth-order valence-corrected chi connectivity index (χ4v) is 1.68. The molecule has 1 rings (SSSR count). The molecule has 0 spiro atoms. The number of esters is 1. The molecule has 0 heterocycles. The molecule has 0 saturated carbocycles. The molecule has 0 unspecified atom stereocenters. The monoisotopic (exact) mass is 317 g/mol. The van der Waals surface area contributed by atoms with Crippen molar-refractivity contribution in [1.29, 1.82) is 0 Å². The van der Waals surface area contributed by atoms with Gasteiger partial charge in [0.2, 0.25) is 0 Å². The van der Waals surface area contributed by atoms with Gasteiger partial charge in [-0.25, -0.2) is 4.39 Å². The molecule has 1 aromatic rings. The van der Waals surface area contributed by atoms with E-state index in [2.05, 4.69) is 21.2 Å². The minimum atomic E-state index is -0.498. The second-order valence-corrected chi connectivity index (χ2v) is 5.84. The SMILES string of the molecule is CC(C)(C)OC(=O)CNCc1ccc(Br)cc1F. The van der Waals surface area contributed by atoms with E-state index in [4.69, 9.17) is 4.74 Å². The van der Waals surface area contributed by atoms with Crippen molar-refractivity contribution in [2.45, 2.75) is 32.9 Å². The largest absolute Gasteiger partial charge is 0.459 e. The number of rotatable bonds is 4. The van der Waals surface area contributed by atoms with Crippen LogP contribution in [0.15, 0.2) is 22.7 Å². The molecule has 0 bridgehead atoms. The van der Waals surface area contributed by atoms with Crippen LogP contribution >= 0.6 is 15.9 Å². The van der Waals surface area contributed by atoms with Crippen molar-refractivity contribution in [3.8, 4) is 0 Å². The molecule has 18 heavy (non-hydrogen) atoms. The zero-order chi connectivity index (χ0) is 13.8. The Balaban J connectivity index is 2.40. The van der Waals surface area contributed by atoms with E-state index in [-0.39, 0.29) is 18.3 Å². The van der Waals surface area contributed by atoms with Gasteiger partial charge in [-0.05, 0) is 32.9 Å². The number of carbonyl (C=O) groups excluding carboxylic acids is 1. The van der Waals surface area contributed by atoms with Crippen molar-refractivity contribution in [2.24, 2.45) is 0 Å². The van der Waals surface area contributed by atoms with Crippen molar-refractivity contribution < 1.29 is 13.9 Å². The normalized spacial score (nSPS) is 11.4. The number of carbonyl (C=O) groups is 1. The number of benzene rings is 1. The molecule has 1 N–H and O–H groups in total. The number of hydrogen-bond acceptors (Lipinski definition) is 3. The highest BCUT2D eigenvalue weighted by Gasteiger charge is 2.15. The highest BCUT2D eigenvalue weighted by molar-refractivity contribution is 9.10. The second kappa shape index (κ2) is 6.29. The van der Waals surface area contributed by atoms with Crippen LogP contribution in [0.5, 0.6) is 0 Å². The van der Waals surface area contributed by atoms with Crippen molar-refractivity contribution >= 4 is 21.9 Å². The zero-order valence-electron chi connectivity index (χ0n) is 10.7. The Hall–Kier alpha value is -0.940. The van der Waals surface area contributed by atoms with E-state index in [9.17, 15) is 9.18 Å². The summed E-state index contributed by atoms with van der Waals surface area (Å²) in [6.45, 7) is 5.77. The van der Waals surface area contributed by atoms with Gasteiger partial charge in [0.1, 0.15) is 11.4 Å². The van der Waals surface area contributed by atoms with Crippen LogP contribution in [0.25, 0.3) is 0 Å². The number of hydrogen-bond donors (Lipinski definition) is 1. The minimum absolute atomic E-state index is 0.0623. The fourth-order valence-electron chi connectivity index (χ4n) is 1.34. The van der Waals surface area contributed by atoms with E-state index in [1.54, 1.807) is 32.9 Å². The summed E-state index contributed by atoms with van der Waals surface area (Å²) < 4.78 is 19.3. The van der Waals surface area contributed by atoms with E-state index in [0.29, 0.717) is 16.6 Å². The summed E-state index contributed by atoms with van der Waals surface area (Å²) in [6.07, 6.45) is 0. The molecule has 0 aliphatic heterocycles. The maximum atomic E-state index is 13.5. The average Bonchev–Trinajstić information content (AvgIpc) is 2.18. The first-order chi connectivity index (χ1) is 8.28. The van der Waals surface area contributed by atoms with Gasteiger partial charge in [-0.15, -0.1) is 0 Å². The van der Waals surface area contributed by atoms with Crippen LogP contribution in [0.3, 0.4) is 0 Å². The van der Waals surface area contributed by atoms with Gasteiger partial charge in [-0.3, -0.25) is 4.79 Å². The molecule has 0 radical (unpaired) electrons. The van der Waals surface area contributed by atoms with E-state index < -0.39 is 5.60 Å². The number of ether oxygens (including phenoxy) is 1. The summed E-state index contributed by atoms with van der Waals surface area (Å²) in [5.41, 5.74) is 0.0171. The van der Waals surface area contributed by atoms with Gasteiger partial charge in [0.15, 0.2) is 0 Å². The third-order valence-corrected chi connectivity index (χ3v) is 2.51. The summed E-state index contributed by atoms with van der Waals surface area (Å²) in [6, 6.07) is 4.82. The van der Waals surface area contributed by atoms with Crippen LogP contribution in [0.2, 0.25) is 0 Å². The molecule has 0 aliphatic carbocycles. The average molecular weight is 318 g/mol. The molecule has 100 valence electrons. The van der Waals surface area contributed by atoms with Crippen LogP contribution in [0.4, 0.5) is 4.39 Å². The Morgan fingerprint density at radius 3 is 2.67 bits per heavy atom. The number of halogens is 2. The molecule has 0 aromatic heterocycles. The fraction of sp³-hybridized carbons (Fsp3) is 0.462. The molecule has 1 aromatic carbocycles. The van der Waals surface area contributed by atoms with Crippen LogP contribution in [0, 0.1) is 5.82 Å². The lowest BCUT2D eigenvalue weighted by atomic mass is 10.2. The van der Waals surface area contributed by atoms with Gasteiger partial charge >= 0.3 is 5.97 Å². The zero-order valence-corrected chi connectivity index (χ0v) is 12.3. The Bertz CT molecular complexity index is 429. The Labute approximate surface area is 115 Å². The third kappa shape index (κ3) is 5.60. The Morgan fingerprint density at radius 1 is 1.44 bits per heavy atom. The second-order valence-electron chi connectivity index (χ2n) is 4.93. The van der Waals surface area contributed by atoms with Crippen molar-refractivity contribution in [3.63, 3.8) is 0 Å². The number of nitrogens with one attached hydrogen (secondary N) is 1. The molecule has 0 amide bonds. The summed E-state index contributed by atoms with van der Waals surface area (Å²) in [7, 11) is 0. The lowest BCUT2D eigenvalue weighted by Gasteiger charge is -2.19. The Kier molecular flexibility index (Phi) is 5.28. The highest BCUT2D eigenvalue weighted by Crippen LogP contribution is 2.15. The predicted octanol–water partition coefficient (Wildman–Crippen LogP) is 3.02. The smallest absolute Gasteiger partial charge is 0.320 e. The van der Waals surface area contributed by atoms with Gasteiger partial charge in [0, 0.05) is 16.6 Å². The lowest BCUT2D eigenvalue weighted by Crippen LogP contribution is -2.31. The van der Waals surface area contributed by atoms with Crippen LogP contribution in [-0.4, -0.2) is 18.1 Å². The summed E-state index contributed by atoms with van der Waals surface area (Å²) >= 11 is 3.19. The van der Waals surface area contributed by atoms with Gasteiger partial charge in [-0.1, -0.05) is 22.0 Å². The van der Waals surface area contributed by atoms with Crippen molar-refractivity contribution in [3.05, 3.63) is 34.1 Å². The minimum Gasteiger partial charge on any atom is -0.459 e. The highest BCUT2D eigenvalue weighted by atomic mass is 79.9. The van der Waals surface area contributed by atoms with E-state index >= 15 is 0 Å². The van der Waals surface area contributed by atoms with Crippen molar-refractivity contribution in [1.82, 2.24) is 5.32 Å². The molecule has 0 atom stereocenters. The molecule has 0 saturated heterocycles. The first-order valence-corrected chi connectivity index (χ1v) is 6.44. The van der Waals surface area contributed by atoms with E-state index in [0.717, 1.165) is 0 Å². The van der Waals surface area contributed by atoms with Gasteiger partial charge < -0.3 is 10.1 Å². The van der Waals surface area contributed by atoms with Crippen LogP contribution in [0.1, 0.15) is 26.3 Å². The van der Waals surface area contributed by atoms with Gasteiger partial charge in [0.25, 0.3) is 0 Å². The first-order valence-electron chi connectivity index (χ1n) is 5.64.